The lowest BCUT2D eigenvalue weighted by Gasteiger charge is -2.14. The second-order valence-corrected chi connectivity index (χ2v) is 6.39. The summed E-state index contributed by atoms with van der Waals surface area (Å²) >= 11 is 0. The molecule has 0 spiro atoms. The highest BCUT2D eigenvalue weighted by molar-refractivity contribution is 5.87. The van der Waals surface area contributed by atoms with Gasteiger partial charge in [-0.2, -0.15) is 0 Å². The maximum atomic E-state index is 11.9. The molecule has 0 aliphatic heterocycles. The number of ether oxygens (including phenoxy) is 1. The Balaban J connectivity index is 1.48. The molecule has 5 nitrogen and oxygen atoms in total. The van der Waals surface area contributed by atoms with E-state index in [1.807, 2.05) is 19.1 Å². The van der Waals surface area contributed by atoms with E-state index in [9.17, 15) is 9.59 Å². The van der Waals surface area contributed by atoms with Crippen molar-refractivity contribution in [1.29, 1.82) is 0 Å². The molecule has 2 N–H and O–H groups in total. The van der Waals surface area contributed by atoms with Gasteiger partial charge in [0.05, 0.1) is 11.6 Å². The first-order valence-electron chi connectivity index (χ1n) is 8.38. The van der Waals surface area contributed by atoms with Crippen LogP contribution in [0.25, 0.3) is 0 Å². The fourth-order valence-electron chi connectivity index (χ4n) is 2.67. The molecule has 1 atom stereocenters. The fraction of sp³-hybridized carbons (Fsp3) is 0.300. The first kappa shape index (κ1) is 17.0. The first-order chi connectivity index (χ1) is 12.0. The molecule has 0 aromatic heterocycles. The molecule has 2 aromatic carbocycles. The van der Waals surface area contributed by atoms with Crippen molar-refractivity contribution in [2.75, 3.05) is 0 Å². The summed E-state index contributed by atoms with van der Waals surface area (Å²) in [6.45, 7) is 2.04. The van der Waals surface area contributed by atoms with Crippen molar-refractivity contribution < 1.29 is 19.4 Å². The molecule has 0 bridgehead atoms. The van der Waals surface area contributed by atoms with Crippen molar-refractivity contribution in [3.63, 3.8) is 0 Å². The van der Waals surface area contributed by atoms with Crippen LogP contribution in [0.15, 0.2) is 48.5 Å². The molecule has 130 valence electrons. The summed E-state index contributed by atoms with van der Waals surface area (Å²) in [6.07, 6.45) is 2.04. The van der Waals surface area contributed by atoms with Gasteiger partial charge < -0.3 is 15.2 Å². The van der Waals surface area contributed by atoms with Crippen LogP contribution in [0.2, 0.25) is 0 Å². The predicted octanol–water partition coefficient (Wildman–Crippen LogP) is 4.25. The van der Waals surface area contributed by atoms with Crippen LogP contribution in [0, 0.1) is 0 Å². The Labute approximate surface area is 146 Å². The Morgan fingerprint density at radius 1 is 1.12 bits per heavy atom. The van der Waals surface area contributed by atoms with Crippen LogP contribution >= 0.6 is 0 Å². The van der Waals surface area contributed by atoms with Gasteiger partial charge in [0.15, 0.2) is 0 Å². The van der Waals surface area contributed by atoms with E-state index in [1.165, 1.54) is 30.5 Å². The zero-order valence-electron chi connectivity index (χ0n) is 14.1. The van der Waals surface area contributed by atoms with E-state index in [2.05, 4.69) is 17.4 Å². The molecule has 5 heteroatoms. The number of carbonyl (C=O) groups excluding carboxylic acids is 1. The van der Waals surface area contributed by atoms with Crippen molar-refractivity contribution in [3.05, 3.63) is 70.8 Å². The summed E-state index contributed by atoms with van der Waals surface area (Å²) in [5.41, 5.74) is 3.34. The van der Waals surface area contributed by atoms with E-state index >= 15 is 0 Å². The average Bonchev–Trinajstić information content (AvgIpc) is 3.45. The molecule has 0 saturated heterocycles. The Kier molecular flexibility index (Phi) is 5.03. The fourth-order valence-corrected chi connectivity index (χ4v) is 2.67. The van der Waals surface area contributed by atoms with E-state index in [4.69, 9.17) is 9.84 Å². The Hall–Kier alpha value is -2.82. The average molecular weight is 339 g/mol. The summed E-state index contributed by atoms with van der Waals surface area (Å²) in [4.78, 5) is 22.8. The second kappa shape index (κ2) is 7.38. The summed E-state index contributed by atoms with van der Waals surface area (Å²) in [5.74, 6) is -0.258. The normalized spacial score (nSPS) is 14.6. The van der Waals surface area contributed by atoms with E-state index < -0.39 is 12.1 Å². The molecule has 1 fully saturated rings. The number of hydrogen-bond donors (Lipinski definition) is 2. The summed E-state index contributed by atoms with van der Waals surface area (Å²) in [6, 6.07) is 14.3. The highest BCUT2D eigenvalue weighted by Crippen LogP contribution is 2.39. The van der Waals surface area contributed by atoms with Crippen LogP contribution in [0.3, 0.4) is 0 Å². The van der Waals surface area contributed by atoms with Crippen LogP contribution in [0.5, 0.6) is 0 Å². The van der Waals surface area contributed by atoms with Gasteiger partial charge in [0.1, 0.15) is 6.61 Å². The third-order valence-corrected chi connectivity index (χ3v) is 4.39. The van der Waals surface area contributed by atoms with Gasteiger partial charge >= 0.3 is 12.1 Å². The number of carboxylic acid groups (broad SMARTS) is 1. The first-order valence-corrected chi connectivity index (χ1v) is 8.38. The van der Waals surface area contributed by atoms with Gasteiger partial charge in [-0.05, 0) is 54.5 Å². The summed E-state index contributed by atoms with van der Waals surface area (Å²) < 4.78 is 5.25. The number of nitrogens with one attached hydrogen (secondary N) is 1. The molecule has 25 heavy (non-hydrogen) atoms. The van der Waals surface area contributed by atoms with Gasteiger partial charge in [-0.25, -0.2) is 9.59 Å². The van der Waals surface area contributed by atoms with Crippen LogP contribution in [-0.2, 0) is 11.3 Å². The highest BCUT2D eigenvalue weighted by atomic mass is 16.5. The van der Waals surface area contributed by atoms with E-state index in [0.29, 0.717) is 5.92 Å². The summed E-state index contributed by atoms with van der Waals surface area (Å²) in [7, 11) is 0. The lowest BCUT2D eigenvalue weighted by Crippen LogP contribution is -2.27. The van der Waals surface area contributed by atoms with Crippen molar-refractivity contribution in [2.24, 2.45) is 0 Å². The molecule has 3 rings (SSSR count). The highest BCUT2D eigenvalue weighted by Gasteiger charge is 2.22. The van der Waals surface area contributed by atoms with Gasteiger partial charge in [0.25, 0.3) is 0 Å². The molecule has 0 heterocycles. The zero-order chi connectivity index (χ0) is 17.8. The molecular weight excluding hydrogens is 318 g/mol. The summed E-state index contributed by atoms with van der Waals surface area (Å²) in [5, 5.41) is 11.6. The lowest BCUT2D eigenvalue weighted by atomic mass is 10.1. The minimum absolute atomic E-state index is 0.216. The SMILES string of the molecule is C[C@@H](NC(=O)OCc1ccc(C2CC2)cc1)c1ccc(C(=O)O)cc1. The van der Waals surface area contributed by atoms with Gasteiger partial charge in [-0.15, -0.1) is 0 Å². The molecule has 0 radical (unpaired) electrons. The number of amides is 1. The van der Waals surface area contributed by atoms with Crippen LogP contribution < -0.4 is 5.32 Å². The molecule has 0 unspecified atom stereocenters. The number of hydrogen-bond acceptors (Lipinski definition) is 3. The predicted molar refractivity (Wildman–Crippen MR) is 93.6 cm³/mol. The lowest BCUT2D eigenvalue weighted by molar-refractivity contribution is 0.0696. The number of carbonyl (C=O) groups is 2. The molecule has 1 aliphatic carbocycles. The number of alkyl carbamates (subject to hydrolysis) is 1. The maximum Gasteiger partial charge on any atom is 0.407 e. The third-order valence-electron chi connectivity index (χ3n) is 4.39. The van der Waals surface area contributed by atoms with Gasteiger partial charge in [0, 0.05) is 0 Å². The van der Waals surface area contributed by atoms with E-state index in [-0.39, 0.29) is 18.2 Å². The molecule has 2 aromatic rings. The topological polar surface area (TPSA) is 75.6 Å². The van der Waals surface area contributed by atoms with Crippen LogP contribution in [0.1, 0.15) is 58.8 Å². The number of rotatable bonds is 6. The quantitative estimate of drug-likeness (QED) is 0.825. The smallest absolute Gasteiger partial charge is 0.407 e. The molecule has 1 amide bonds. The van der Waals surface area contributed by atoms with E-state index in [1.54, 1.807) is 12.1 Å². The Bertz CT molecular complexity index is 748. The Morgan fingerprint density at radius 2 is 1.76 bits per heavy atom. The molecular formula is C20H21NO4. The minimum atomic E-state index is -0.973. The van der Waals surface area contributed by atoms with Gasteiger partial charge in [-0.1, -0.05) is 36.4 Å². The standard InChI is InChI=1S/C20H21NO4/c1-13(15-6-10-18(11-7-15)19(22)23)21-20(24)25-12-14-2-4-16(5-3-14)17-8-9-17/h2-7,10-11,13,17H,8-9,12H2,1H3,(H,21,24)(H,22,23)/t13-/m1/s1. The van der Waals surface area contributed by atoms with Crippen molar-refractivity contribution in [3.8, 4) is 0 Å². The van der Waals surface area contributed by atoms with Crippen molar-refractivity contribution in [1.82, 2.24) is 5.32 Å². The van der Waals surface area contributed by atoms with Crippen molar-refractivity contribution in [2.45, 2.75) is 38.3 Å². The number of benzene rings is 2. The number of aromatic carboxylic acids is 1. The van der Waals surface area contributed by atoms with Gasteiger partial charge in [0.2, 0.25) is 0 Å². The zero-order valence-corrected chi connectivity index (χ0v) is 14.1. The van der Waals surface area contributed by atoms with Crippen LogP contribution in [-0.4, -0.2) is 17.2 Å². The van der Waals surface area contributed by atoms with Gasteiger partial charge in [-0.3, -0.25) is 0 Å². The minimum Gasteiger partial charge on any atom is -0.478 e. The third kappa shape index (κ3) is 4.59. The Morgan fingerprint density at radius 3 is 2.32 bits per heavy atom. The monoisotopic (exact) mass is 339 g/mol. The molecule has 1 aliphatic rings. The second-order valence-electron chi connectivity index (χ2n) is 6.39. The van der Waals surface area contributed by atoms with E-state index in [0.717, 1.165) is 11.1 Å². The largest absolute Gasteiger partial charge is 0.478 e. The molecule has 1 saturated carbocycles. The number of carboxylic acids is 1. The van der Waals surface area contributed by atoms with Crippen molar-refractivity contribution >= 4 is 12.1 Å². The maximum absolute atomic E-state index is 11.9. The van der Waals surface area contributed by atoms with Crippen LogP contribution in [0.4, 0.5) is 4.79 Å².